The molecule has 4 nitrogen and oxygen atoms in total. The summed E-state index contributed by atoms with van der Waals surface area (Å²) >= 11 is 0. The second kappa shape index (κ2) is 4.55. The Morgan fingerprint density at radius 3 is 2.75 bits per heavy atom. The van der Waals surface area contributed by atoms with Gasteiger partial charge in [0.2, 0.25) is 0 Å². The topological polar surface area (TPSA) is 39.1 Å². The van der Waals surface area contributed by atoms with Crippen molar-refractivity contribution in [2.24, 2.45) is 7.05 Å². The highest BCUT2D eigenvalue weighted by molar-refractivity contribution is 5.18. The van der Waals surface area contributed by atoms with E-state index >= 15 is 0 Å². The Morgan fingerprint density at radius 1 is 1.62 bits per heavy atom. The molecule has 1 aliphatic rings. The van der Waals surface area contributed by atoms with E-state index in [1.165, 1.54) is 12.0 Å². The van der Waals surface area contributed by atoms with Gasteiger partial charge in [0, 0.05) is 25.9 Å². The zero-order valence-electron chi connectivity index (χ0n) is 10.4. The molecule has 1 atom stereocenters. The molecule has 1 N–H and O–H groups in total. The van der Waals surface area contributed by atoms with Crippen LogP contribution >= 0.6 is 0 Å². The second-order valence-electron chi connectivity index (χ2n) is 4.56. The predicted octanol–water partition coefficient (Wildman–Crippen LogP) is 1.64. The fourth-order valence-electron chi connectivity index (χ4n) is 2.54. The van der Waals surface area contributed by atoms with Gasteiger partial charge in [0.15, 0.2) is 0 Å². The van der Waals surface area contributed by atoms with Crippen LogP contribution in [0.25, 0.3) is 0 Å². The molecule has 4 heteroatoms. The van der Waals surface area contributed by atoms with Gasteiger partial charge >= 0.3 is 0 Å². The molecule has 1 fully saturated rings. The largest absolute Gasteiger partial charge is 0.376 e. The third kappa shape index (κ3) is 1.87. The van der Waals surface area contributed by atoms with Gasteiger partial charge in [-0.25, -0.2) is 0 Å². The summed E-state index contributed by atoms with van der Waals surface area (Å²) in [6.45, 7) is 3.08. The molecule has 1 heterocycles. The van der Waals surface area contributed by atoms with Gasteiger partial charge in [-0.05, 0) is 25.8 Å². The van der Waals surface area contributed by atoms with E-state index in [0.29, 0.717) is 0 Å². The van der Waals surface area contributed by atoms with Gasteiger partial charge in [0.1, 0.15) is 0 Å². The third-order valence-electron chi connectivity index (χ3n) is 3.60. The number of nitrogens with zero attached hydrogens (tertiary/aromatic N) is 2. The molecule has 1 saturated carbocycles. The van der Waals surface area contributed by atoms with Crippen LogP contribution in [0.15, 0.2) is 12.4 Å². The number of methoxy groups -OCH3 is 1. The van der Waals surface area contributed by atoms with Gasteiger partial charge in [-0.2, -0.15) is 5.10 Å². The van der Waals surface area contributed by atoms with Crippen LogP contribution < -0.4 is 5.32 Å². The molecule has 1 aliphatic carbocycles. The number of rotatable bonds is 5. The van der Waals surface area contributed by atoms with Crippen molar-refractivity contribution in [2.75, 3.05) is 13.7 Å². The summed E-state index contributed by atoms with van der Waals surface area (Å²) < 4.78 is 7.60. The molecule has 1 aromatic rings. The van der Waals surface area contributed by atoms with Crippen LogP contribution in [-0.2, 0) is 11.8 Å². The Balaban J connectivity index is 2.22. The highest BCUT2D eigenvalue weighted by atomic mass is 16.5. The maximum atomic E-state index is 5.75. The van der Waals surface area contributed by atoms with Crippen molar-refractivity contribution in [3.05, 3.63) is 18.0 Å². The van der Waals surface area contributed by atoms with Gasteiger partial charge in [0.25, 0.3) is 0 Å². The molecule has 0 saturated heterocycles. The van der Waals surface area contributed by atoms with E-state index in [9.17, 15) is 0 Å². The minimum absolute atomic E-state index is 0.0148. The maximum Gasteiger partial charge on any atom is 0.0873 e. The van der Waals surface area contributed by atoms with E-state index in [4.69, 9.17) is 4.74 Å². The molecule has 1 unspecified atom stereocenters. The summed E-state index contributed by atoms with van der Waals surface area (Å²) in [5.41, 5.74) is 1.21. The first-order valence-electron chi connectivity index (χ1n) is 5.99. The van der Waals surface area contributed by atoms with Crippen molar-refractivity contribution in [1.82, 2.24) is 15.1 Å². The molecule has 2 rings (SSSR count). The zero-order chi connectivity index (χ0) is 11.6. The summed E-state index contributed by atoms with van der Waals surface area (Å²) in [7, 11) is 3.77. The summed E-state index contributed by atoms with van der Waals surface area (Å²) in [4.78, 5) is 0. The predicted molar refractivity (Wildman–Crippen MR) is 63.2 cm³/mol. The lowest BCUT2D eigenvalue weighted by atomic mass is 9.72. The Hall–Kier alpha value is -0.870. The summed E-state index contributed by atoms with van der Waals surface area (Å²) in [6, 6.07) is 0.268. The number of likely N-dealkylation sites (N-methyl/N-ethyl adjacent to an activating group) is 1. The van der Waals surface area contributed by atoms with Crippen molar-refractivity contribution in [3.8, 4) is 0 Å². The second-order valence-corrected chi connectivity index (χ2v) is 4.56. The van der Waals surface area contributed by atoms with Crippen molar-refractivity contribution in [2.45, 2.75) is 37.8 Å². The number of aryl methyl sites for hydroxylation is 1. The highest BCUT2D eigenvalue weighted by Gasteiger charge is 2.45. The number of ether oxygens (including phenoxy) is 1. The van der Waals surface area contributed by atoms with Crippen LogP contribution in [0, 0.1) is 0 Å². The fourth-order valence-corrected chi connectivity index (χ4v) is 2.54. The lowest BCUT2D eigenvalue weighted by Crippen LogP contribution is -2.50. The molecule has 0 amide bonds. The van der Waals surface area contributed by atoms with Gasteiger partial charge in [-0.3, -0.25) is 4.68 Å². The monoisotopic (exact) mass is 223 g/mol. The van der Waals surface area contributed by atoms with Crippen molar-refractivity contribution in [1.29, 1.82) is 0 Å². The zero-order valence-corrected chi connectivity index (χ0v) is 10.4. The van der Waals surface area contributed by atoms with Crippen LogP contribution in [0.4, 0.5) is 0 Å². The first-order chi connectivity index (χ1) is 7.72. The SMILES string of the molecule is CCNC(c1cnn(C)c1)C1(OC)CCC1. The Labute approximate surface area is 97.0 Å². The molecular formula is C12H21N3O. The third-order valence-corrected chi connectivity index (χ3v) is 3.60. The molecule has 0 spiro atoms. The van der Waals surface area contributed by atoms with E-state index in [0.717, 1.165) is 19.4 Å². The van der Waals surface area contributed by atoms with E-state index in [1.54, 1.807) is 0 Å². The van der Waals surface area contributed by atoms with Crippen molar-refractivity contribution in [3.63, 3.8) is 0 Å². The quantitative estimate of drug-likeness (QED) is 0.825. The van der Waals surface area contributed by atoms with Gasteiger partial charge in [-0.1, -0.05) is 6.92 Å². The molecule has 0 aliphatic heterocycles. The van der Waals surface area contributed by atoms with Gasteiger partial charge in [-0.15, -0.1) is 0 Å². The van der Waals surface area contributed by atoms with Crippen LogP contribution in [0.2, 0.25) is 0 Å². The average molecular weight is 223 g/mol. The minimum atomic E-state index is -0.0148. The van der Waals surface area contributed by atoms with E-state index in [1.807, 2.05) is 25.0 Å². The summed E-state index contributed by atoms with van der Waals surface area (Å²) in [6.07, 6.45) is 7.54. The average Bonchev–Trinajstić information content (AvgIpc) is 2.62. The number of aromatic nitrogens is 2. The molecule has 1 aromatic heterocycles. The first kappa shape index (κ1) is 11.6. The molecule has 0 radical (unpaired) electrons. The van der Waals surface area contributed by atoms with Crippen LogP contribution in [-0.4, -0.2) is 29.0 Å². The minimum Gasteiger partial charge on any atom is -0.376 e. The molecule has 0 aromatic carbocycles. The standard InChI is InChI=1S/C12H21N3O/c1-4-13-11(10-8-14-15(2)9-10)12(16-3)6-5-7-12/h8-9,11,13H,4-7H2,1-3H3. The van der Waals surface area contributed by atoms with Gasteiger partial charge in [0.05, 0.1) is 17.8 Å². The first-order valence-corrected chi connectivity index (χ1v) is 5.99. The van der Waals surface area contributed by atoms with E-state index in [2.05, 4.69) is 23.5 Å². The fraction of sp³-hybridized carbons (Fsp3) is 0.750. The molecule has 90 valence electrons. The smallest absolute Gasteiger partial charge is 0.0873 e. The normalized spacial score (nSPS) is 20.4. The van der Waals surface area contributed by atoms with Crippen molar-refractivity contribution >= 4 is 0 Å². The van der Waals surface area contributed by atoms with Crippen LogP contribution in [0.5, 0.6) is 0 Å². The van der Waals surface area contributed by atoms with Crippen LogP contribution in [0.3, 0.4) is 0 Å². The van der Waals surface area contributed by atoms with Gasteiger partial charge < -0.3 is 10.1 Å². The maximum absolute atomic E-state index is 5.75. The Morgan fingerprint density at radius 2 is 2.38 bits per heavy atom. The molecule has 0 bridgehead atoms. The number of hydrogen-bond donors (Lipinski definition) is 1. The highest BCUT2D eigenvalue weighted by Crippen LogP contribution is 2.44. The number of nitrogens with one attached hydrogen (secondary N) is 1. The van der Waals surface area contributed by atoms with Crippen LogP contribution in [0.1, 0.15) is 37.8 Å². The number of hydrogen-bond acceptors (Lipinski definition) is 3. The summed E-state index contributed by atoms with van der Waals surface area (Å²) in [5, 5.41) is 7.77. The Bertz CT molecular complexity index is 338. The lowest BCUT2D eigenvalue weighted by Gasteiger charge is -2.46. The molecular weight excluding hydrogens is 202 g/mol. The van der Waals surface area contributed by atoms with E-state index in [-0.39, 0.29) is 11.6 Å². The lowest BCUT2D eigenvalue weighted by molar-refractivity contribution is -0.0995. The Kier molecular flexibility index (Phi) is 3.30. The summed E-state index contributed by atoms with van der Waals surface area (Å²) in [5.74, 6) is 0. The molecule has 16 heavy (non-hydrogen) atoms. The van der Waals surface area contributed by atoms with Crippen molar-refractivity contribution < 1.29 is 4.74 Å². The van der Waals surface area contributed by atoms with E-state index < -0.39 is 0 Å².